The van der Waals surface area contributed by atoms with Gasteiger partial charge in [0.2, 0.25) is 0 Å². The van der Waals surface area contributed by atoms with Gasteiger partial charge in [-0.1, -0.05) is 249 Å². The lowest BCUT2D eigenvalue weighted by Crippen LogP contribution is -2.61. The first-order valence-electron chi connectivity index (χ1n) is 34.2. The smallest absolute Gasteiger partial charge is 0.252 e. The van der Waals surface area contributed by atoms with Crippen LogP contribution < -0.4 is 26.2 Å². The van der Waals surface area contributed by atoms with Gasteiger partial charge in [0.05, 0.1) is 33.4 Å². The number of rotatable bonds is 10. The number of aryl methyl sites for hydroxylation is 1. The number of para-hydroxylation sites is 5. The average Bonchev–Trinajstić information content (AvgIpc) is 0.771. The largest absolute Gasteiger partial charge is 0.456 e. The molecule has 3 aromatic heterocycles. The van der Waals surface area contributed by atoms with E-state index in [0.29, 0.717) is 0 Å². The van der Waals surface area contributed by atoms with Gasteiger partial charge in [-0.25, -0.2) is 0 Å². The third-order valence-corrected chi connectivity index (χ3v) is 20.8. The van der Waals surface area contributed by atoms with Crippen molar-refractivity contribution in [3.05, 3.63) is 296 Å². The van der Waals surface area contributed by atoms with Crippen LogP contribution in [-0.4, -0.2) is 15.8 Å². The summed E-state index contributed by atoms with van der Waals surface area (Å²) in [4.78, 5) is 5.45. The Morgan fingerprint density at radius 3 is 1.18 bits per heavy atom. The van der Waals surface area contributed by atoms with Crippen LogP contribution in [0.5, 0.6) is 0 Å². The number of nitrogens with zero attached hydrogens (tertiary/aromatic N) is 4. The molecule has 13 aromatic carbocycles. The van der Waals surface area contributed by atoms with Crippen molar-refractivity contribution in [3.8, 4) is 44.8 Å². The van der Waals surface area contributed by atoms with Crippen molar-refractivity contribution in [1.82, 2.24) is 9.13 Å². The summed E-state index contributed by atoms with van der Waals surface area (Å²) in [6.45, 7) is 16.4. The molecule has 0 amide bonds. The van der Waals surface area contributed by atoms with Crippen LogP contribution in [0.4, 0.5) is 34.1 Å². The SMILES string of the molecule is CCCCc1c(N2c3cc(-n4c5ccccc5c5ccccc54)ccc3B3c4ccc(-n5c6ccccc6c6ccccc65)cc4N(c4c(-c5ccccc5)cc(C(C)(C)C)cc4-c4ccccc4)c4cc(C(C)(C)C)cc2c43)c(-c2ccccc2)cc2c1oc1ccccc12. The molecule has 5 nitrogen and oxygen atoms in total. The fourth-order valence-corrected chi connectivity index (χ4v) is 16.1. The van der Waals surface area contributed by atoms with E-state index in [9.17, 15) is 0 Å². The molecule has 0 saturated heterocycles. The van der Waals surface area contributed by atoms with Crippen LogP contribution in [0.15, 0.2) is 283 Å². The fraction of sp³-hybridized carbons (Fsp3) is 0.133. The second-order valence-corrected chi connectivity index (χ2v) is 28.6. The van der Waals surface area contributed by atoms with Crippen molar-refractivity contribution >= 4 is 123 Å². The summed E-state index contributed by atoms with van der Waals surface area (Å²) in [6.07, 6.45) is 2.81. The monoisotopic (exact) mass is 1240 g/mol. The zero-order valence-electron chi connectivity index (χ0n) is 55.5. The summed E-state index contributed by atoms with van der Waals surface area (Å²) < 4.78 is 12.3. The zero-order valence-corrected chi connectivity index (χ0v) is 55.5. The predicted octanol–water partition coefficient (Wildman–Crippen LogP) is 22.8. The van der Waals surface area contributed by atoms with Crippen LogP contribution in [0.3, 0.4) is 0 Å². The Labute approximate surface area is 561 Å². The minimum absolute atomic E-state index is 0.180. The Bertz CT molecular complexity index is 5630. The number of aromatic nitrogens is 2. The van der Waals surface area contributed by atoms with Gasteiger partial charge in [0.1, 0.15) is 11.2 Å². The van der Waals surface area contributed by atoms with Gasteiger partial charge < -0.3 is 23.4 Å². The molecule has 0 atom stereocenters. The molecule has 6 heteroatoms. The van der Waals surface area contributed by atoms with E-state index in [1.807, 2.05) is 0 Å². The van der Waals surface area contributed by atoms with Gasteiger partial charge in [-0.15, -0.1) is 0 Å². The molecule has 0 unspecified atom stereocenters. The molecule has 0 spiro atoms. The average molecular weight is 1240 g/mol. The van der Waals surface area contributed by atoms with Crippen molar-refractivity contribution in [2.24, 2.45) is 0 Å². The van der Waals surface area contributed by atoms with Crippen molar-refractivity contribution in [1.29, 1.82) is 0 Å². The lowest BCUT2D eigenvalue weighted by molar-refractivity contribution is 0.590. The number of anilines is 6. The quantitative estimate of drug-likeness (QED) is 0.128. The van der Waals surface area contributed by atoms with Gasteiger partial charge in [0.25, 0.3) is 6.71 Å². The summed E-state index contributed by atoms with van der Waals surface area (Å²) >= 11 is 0. The van der Waals surface area contributed by atoms with Gasteiger partial charge >= 0.3 is 0 Å². The molecule has 462 valence electrons. The molecule has 18 rings (SSSR count). The Kier molecular flexibility index (Phi) is 13.2. The molecule has 0 radical (unpaired) electrons. The molecule has 0 saturated carbocycles. The lowest BCUT2D eigenvalue weighted by atomic mass is 9.33. The standard InChI is InChI=1S/C90H73BN4O/c1-8-9-35-69-86(72(59-33-17-12-18-34-59)56-73-68-40-23-28-45-84(68)96-88(69)73)94-80-54-62(92-76-41-24-19-36-64(76)65-37-20-25-42-77(65)92)46-48-74(80)91-75-49-47-63(93-78-43-26-21-38-66(78)67-39-22-27-44-79(67)93)55-81(75)95(83-53-61(90(5,6)7)52-82(94)85(83)91)87-70(57-29-13-10-14-30-57)50-60(89(2,3)4)51-71(87)58-31-15-11-16-32-58/h10-34,36-56H,8-9,35H2,1-7H3. The van der Waals surface area contributed by atoms with Crippen LogP contribution in [0.1, 0.15) is 78.0 Å². The van der Waals surface area contributed by atoms with Crippen molar-refractivity contribution in [3.63, 3.8) is 0 Å². The third-order valence-electron chi connectivity index (χ3n) is 20.8. The Morgan fingerprint density at radius 2 is 0.740 bits per heavy atom. The summed E-state index contributed by atoms with van der Waals surface area (Å²) in [7, 11) is 0. The highest BCUT2D eigenvalue weighted by Gasteiger charge is 2.47. The summed E-state index contributed by atoms with van der Waals surface area (Å²) in [6, 6.07) is 105. The molecule has 16 aromatic rings. The van der Waals surface area contributed by atoms with Crippen molar-refractivity contribution in [2.75, 3.05) is 9.80 Å². The maximum Gasteiger partial charge on any atom is 0.252 e. The summed E-state index contributed by atoms with van der Waals surface area (Å²) in [5.74, 6) is 0. The minimum atomic E-state index is -0.314. The van der Waals surface area contributed by atoms with E-state index in [1.165, 1.54) is 93.4 Å². The third kappa shape index (κ3) is 8.91. The van der Waals surface area contributed by atoms with E-state index >= 15 is 0 Å². The summed E-state index contributed by atoms with van der Waals surface area (Å²) in [5.41, 5.74) is 29.6. The first-order valence-corrected chi connectivity index (χ1v) is 34.2. The van der Waals surface area contributed by atoms with Crippen molar-refractivity contribution < 1.29 is 4.42 Å². The van der Waals surface area contributed by atoms with Crippen LogP contribution in [0.25, 0.3) is 110 Å². The number of hydrogen-bond acceptors (Lipinski definition) is 3. The Balaban J connectivity index is 1.04. The minimum Gasteiger partial charge on any atom is -0.456 e. The highest BCUT2D eigenvalue weighted by molar-refractivity contribution is 7.00. The highest BCUT2D eigenvalue weighted by atomic mass is 16.3. The molecule has 0 N–H and O–H groups in total. The predicted molar refractivity (Wildman–Crippen MR) is 409 cm³/mol. The second-order valence-electron chi connectivity index (χ2n) is 28.6. The molecular formula is C90H73BN4O. The van der Waals surface area contributed by atoms with Gasteiger partial charge in [-0.05, 0) is 153 Å². The van der Waals surface area contributed by atoms with E-state index in [-0.39, 0.29) is 17.5 Å². The highest BCUT2D eigenvalue weighted by Crippen LogP contribution is 2.55. The lowest BCUT2D eigenvalue weighted by Gasteiger charge is -2.46. The Morgan fingerprint density at radius 1 is 0.354 bits per heavy atom. The molecule has 5 heterocycles. The zero-order chi connectivity index (χ0) is 64.7. The maximum absolute atomic E-state index is 7.33. The maximum atomic E-state index is 7.33. The van der Waals surface area contributed by atoms with E-state index < -0.39 is 0 Å². The number of hydrogen-bond donors (Lipinski definition) is 0. The molecule has 96 heavy (non-hydrogen) atoms. The fourth-order valence-electron chi connectivity index (χ4n) is 16.1. The van der Waals surface area contributed by atoms with E-state index in [4.69, 9.17) is 4.42 Å². The normalized spacial score (nSPS) is 13.0. The van der Waals surface area contributed by atoms with Gasteiger partial charge in [-0.2, -0.15) is 0 Å². The van der Waals surface area contributed by atoms with Crippen LogP contribution >= 0.6 is 0 Å². The molecule has 0 fully saturated rings. The van der Waals surface area contributed by atoms with E-state index in [2.05, 4.69) is 346 Å². The topological polar surface area (TPSA) is 29.5 Å². The molecule has 2 aliphatic rings. The number of benzene rings is 13. The molecule has 2 aliphatic heterocycles. The molecule has 0 aliphatic carbocycles. The van der Waals surface area contributed by atoms with Crippen molar-refractivity contribution in [2.45, 2.75) is 78.6 Å². The van der Waals surface area contributed by atoms with Gasteiger partial charge in [-0.3, -0.25) is 0 Å². The number of unbranched alkanes of at least 4 members (excludes halogenated alkanes) is 1. The Hall–Kier alpha value is -11.1. The molecule has 0 bridgehead atoms. The number of fused-ring (bicyclic) bond motifs is 13. The summed E-state index contributed by atoms with van der Waals surface area (Å²) in [5, 5.41) is 7.20. The first-order chi connectivity index (χ1) is 46.9. The second kappa shape index (κ2) is 22.0. The van der Waals surface area contributed by atoms with Crippen LogP contribution in [0, 0.1) is 0 Å². The van der Waals surface area contributed by atoms with Gasteiger partial charge in [0.15, 0.2) is 0 Å². The van der Waals surface area contributed by atoms with Gasteiger partial charge in [0, 0.05) is 88.7 Å². The first kappa shape index (κ1) is 57.6. The number of furan rings is 1. The van der Waals surface area contributed by atoms with Crippen LogP contribution in [-0.2, 0) is 17.3 Å². The van der Waals surface area contributed by atoms with E-state index in [0.717, 1.165) is 103 Å². The van der Waals surface area contributed by atoms with Crippen LogP contribution in [0.2, 0.25) is 0 Å². The van der Waals surface area contributed by atoms with E-state index in [1.54, 1.807) is 0 Å². The molecular weight excluding hydrogens is 1160 g/mol.